The van der Waals surface area contributed by atoms with E-state index in [1.165, 1.54) is 38.3 Å². The number of hydrogen-bond donors (Lipinski definition) is 1. The quantitative estimate of drug-likeness (QED) is 0.929. The van der Waals surface area contributed by atoms with Gasteiger partial charge in [0.25, 0.3) is 0 Å². The molecule has 3 nitrogen and oxygen atoms in total. The number of piperidine rings is 1. The number of nitrogens with zero attached hydrogens (tertiary/aromatic N) is 2. The van der Waals surface area contributed by atoms with Gasteiger partial charge in [-0.15, -0.1) is 0 Å². The molecule has 2 aliphatic rings. The molecule has 0 saturated carbocycles. The largest absolute Gasteiger partial charge is 0.314 e. The number of nitriles is 1. The Balaban J connectivity index is 1.54. The van der Waals surface area contributed by atoms with Crippen LogP contribution in [0.1, 0.15) is 36.8 Å². The zero-order valence-electron chi connectivity index (χ0n) is 12.3. The van der Waals surface area contributed by atoms with Gasteiger partial charge in [-0.2, -0.15) is 5.26 Å². The lowest BCUT2D eigenvalue weighted by atomic mass is 9.88. The van der Waals surface area contributed by atoms with E-state index in [1.807, 2.05) is 6.07 Å². The summed E-state index contributed by atoms with van der Waals surface area (Å²) < 4.78 is 13.3. The summed E-state index contributed by atoms with van der Waals surface area (Å²) in [5.74, 6) is 0.388. The molecule has 2 aliphatic heterocycles. The maximum atomic E-state index is 13.3. The third-order valence-corrected chi connectivity index (χ3v) is 4.86. The maximum Gasteiger partial charge on any atom is 0.140 e. The van der Waals surface area contributed by atoms with E-state index in [1.54, 1.807) is 12.1 Å². The van der Waals surface area contributed by atoms with Gasteiger partial charge in [0.1, 0.15) is 11.9 Å². The Morgan fingerprint density at radius 1 is 1.29 bits per heavy atom. The summed E-state index contributed by atoms with van der Waals surface area (Å²) in [6.07, 6.45) is 5.12. The number of hydrogen-bond acceptors (Lipinski definition) is 3. The van der Waals surface area contributed by atoms with Crippen LogP contribution >= 0.6 is 0 Å². The first-order chi connectivity index (χ1) is 10.3. The highest BCUT2D eigenvalue weighted by atomic mass is 19.1. The van der Waals surface area contributed by atoms with E-state index in [0.29, 0.717) is 0 Å². The summed E-state index contributed by atoms with van der Waals surface area (Å²) in [5.41, 5.74) is 1.18. The van der Waals surface area contributed by atoms with Gasteiger partial charge in [-0.3, -0.25) is 4.90 Å². The molecule has 0 spiro atoms. The van der Waals surface area contributed by atoms with E-state index in [9.17, 15) is 4.39 Å². The predicted octanol–water partition coefficient (Wildman–Crippen LogP) is 2.66. The Hall–Kier alpha value is -1.44. The first-order valence-corrected chi connectivity index (χ1v) is 7.90. The first kappa shape index (κ1) is 14.5. The van der Waals surface area contributed by atoms with E-state index < -0.39 is 5.82 Å². The van der Waals surface area contributed by atoms with Crippen LogP contribution in [0.15, 0.2) is 18.2 Å². The number of nitrogens with one attached hydrogen (secondary N) is 1. The Morgan fingerprint density at radius 2 is 2.10 bits per heavy atom. The van der Waals surface area contributed by atoms with E-state index in [-0.39, 0.29) is 5.56 Å². The van der Waals surface area contributed by atoms with Crippen molar-refractivity contribution in [1.29, 1.82) is 5.26 Å². The van der Waals surface area contributed by atoms with Gasteiger partial charge in [-0.25, -0.2) is 4.39 Å². The van der Waals surface area contributed by atoms with Crippen molar-refractivity contribution >= 4 is 0 Å². The fourth-order valence-corrected chi connectivity index (χ4v) is 3.64. The zero-order valence-corrected chi connectivity index (χ0v) is 12.3. The molecule has 2 saturated heterocycles. The first-order valence-electron chi connectivity index (χ1n) is 7.90. The second kappa shape index (κ2) is 6.55. The summed E-state index contributed by atoms with van der Waals surface area (Å²) in [7, 11) is 0. The molecule has 0 amide bonds. The van der Waals surface area contributed by atoms with E-state index >= 15 is 0 Å². The van der Waals surface area contributed by atoms with Crippen LogP contribution in [0.4, 0.5) is 4.39 Å². The van der Waals surface area contributed by atoms with Crippen molar-refractivity contribution in [2.75, 3.05) is 19.6 Å². The van der Waals surface area contributed by atoms with Gasteiger partial charge in [-0.1, -0.05) is 6.07 Å². The predicted molar refractivity (Wildman–Crippen MR) is 80.1 cm³/mol. The highest BCUT2D eigenvalue weighted by Gasteiger charge is 2.28. The number of likely N-dealkylation sites (tertiary alicyclic amines) is 1. The molecule has 2 fully saturated rings. The SMILES string of the molecule is N#Cc1cc(CN2CCC(C3CCCN3)CC2)ccc1F. The molecule has 2 heterocycles. The summed E-state index contributed by atoms with van der Waals surface area (Å²) in [5, 5.41) is 12.5. The molecular formula is C17H22FN3. The normalized spacial score (nSPS) is 24.1. The second-order valence-electron chi connectivity index (χ2n) is 6.24. The van der Waals surface area contributed by atoms with Crippen LogP contribution in [-0.4, -0.2) is 30.6 Å². The average molecular weight is 287 g/mol. The number of rotatable bonds is 3. The summed E-state index contributed by atoms with van der Waals surface area (Å²) in [6.45, 7) is 4.20. The van der Waals surface area contributed by atoms with E-state index in [2.05, 4.69) is 10.2 Å². The Bertz CT molecular complexity index is 523. The van der Waals surface area contributed by atoms with Gasteiger partial charge in [0, 0.05) is 12.6 Å². The zero-order chi connectivity index (χ0) is 14.7. The molecule has 0 bridgehead atoms. The van der Waals surface area contributed by atoms with Crippen molar-refractivity contribution in [3.63, 3.8) is 0 Å². The van der Waals surface area contributed by atoms with E-state index in [4.69, 9.17) is 5.26 Å². The topological polar surface area (TPSA) is 39.1 Å². The second-order valence-corrected chi connectivity index (χ2v) is 6.24. The highest BCUT2D eigenvalue weighted by Crippen LogP contribution is 2.26. The molecule has 1 aromatic carbocycles. The third kappa shape index (κ3) is 3.42. The van der Waals surface area contributed by atoms with Crippen LogP contribution in [-0.2, 0) is 6.54 Å². The molecule has 1 aromatic rings. The van der Waals surface area contributed by atoms with Crippen LogP contribution in [0.25, 0.3) is 0 Å². The smallest absolute Gasteiger partial charge is 0.140 e. The minimum atomic E-state index is -0.424. The monoisotopic (exact) mass is 287 g/mol. The van der Waals surface area contributed by atoms with Crippen LogP contribution in [0.3, 0.4) is 0 Å². The third-order valence-electron chi connectivity index (χ3n) is 4.86. The lowest BCUT2D eigenvalue weighted by Gasteiger charge is -2.35. The van der Waals surface area contributed by atoms with Gasteiger partial charge in [0.2, 0.25) is 0 Å². The van der Waals surface area contributed by atoms with Crippen molar-refractivity contribution < 1.29 is 4.39 Å². The molecule has 3 rings (SSSR count). The van der Waals surface area contributed by atoms with Gasteiger partial charge in [-0.05, 0) is 68.9 Å². The Kier molecular flexibility index (Phi) is 4.52. The van der Waals surface area contributed by atoms with Crippen LogP contribution < -0.4 is 5.32 Å². The molecule has 4 heteroatoms. The lowest BCUT2D eigenvalue weighted by Crippen LogP contribution is -2.40. The van der Waals surface area contributed by atoms with Crippen molar-refractivity contribution in [3.05, 3.63) is 35.1 Å². The molecule has 1 atom stereocenters. The van der Waals surface area contributed by atoms with Crippen molar-refractivity contribution in [2.45, 2.75) is 38.3 Å². The average Bonchev–Trinajstić information content (AvgIpc) is 3.04. The molecule has 112 valence electrons. The number of halogens is 1. The van der Waals surface area contributed by atoms with Crippen molar-refractivity contribution in [2.24, 2.45) is 5.92 Å². The minimum Gasteiger partial charge on any atom is -0.314 e. The molecule has 21 heavy (non-hydrogen) atoms. The molecule has 0 radical (unpaired) electrons. The molecule has 0 aliphatic carbocycles. The summed E-state index contributed by atoms with van der Waals surface area (Å²) in [6, 6.07) is 7.52. The van der Waals surface area contributed by atoms with Crippen LogP contribution in [0.2, 0.25) is 0 Å². The van der Waals surface area contributed by atoms with Gasteiger partial charge < -0.3 is 5.32 Å². The Morgan fingerprint density at radius 3 is 2.76 bits per heavy atom. The van der Waals surface area contributed by atoms with Gasteiger partial charge in [0.15, 0.2) is 0 Å². The summed E-state index contributed by atoms with van der Waals surface area (Å²) in [4.78, 5) is 2.42. The minimum absolute atomic E-state index is 0.151. The molecule has 1 unspecified atom stereocenters. The standard InChI is InChI=1S/C17H22FN3/c18-16-4-3-13(10-15(16)11-19)12-21-8-5-14(6-9-21)17-2-1-7-20-17/h3-4,10,14,17,20H,1-2,5-9,12H2. The van der Waals surface area contributed by atoms with E-state index in [0.717, 1.165) is 37.2 Å². The fourth-order valence-electron chi connectivity index (χ4n) is 3.64. The van der Waals surface area contributed by atoms with Crippen LogP contribution in [0, 0.1) is 23.1 Å². The number of benzene rings is 1. The lowest BCUT2D eigenvalue weighted by molar-refractivity contribution is 0.157. The maximum absolute atomic E-state index is 13.3. The summed E-state index contributed by atoms with van der Waals surface area (Å²) >= 11 is 0. The van der Waals surface area contributed by atoms with Crippen molar-refractivity contribution in [3.8, 4) is 6.07 Å². The molecule has 0 aromatic heterocycles. The molecule has 1 N–H and O–H groups in total. The van der Waals surface area contributed by atoms with Crippen LogP contribution in [0.5, 0.6) is 0 Å². The van der Waals surface area contributed by atoms with Gasteiger partial charge >= 0.3 is 0 Å². The van der Waals surface area contributed by atoms with Gasteiger partial charge in [0.05, 0.1) is 5.56 Å². The van der Waals surface area contributed by atoms with Crippen molar-refractivity contribution in [1.82, 2.24) is 10.2 Å². The molecular weight excluding hydrogens is 265 g/mol. The fraction of sp³-hybridized carbons (Fsp3) is 0.588. The highest BCUT2D eigenvalue weighted by molar-refractivity contribution is 5.34. The Labute approximate surface area is 125 Å².